The molecule has 0 aliphatic carbocycles. The number of anilines is 1. The average molecular weight is 448 g/mol. The molecule has 30 heavy (non-hydrogen) atoms. The molecule has 0 saturated heterocycles. The summed E-state index contributed by atoms with van der Waals surface area (Å²) in [5, 5.41) is 13.3. The summed E-state index contributed by atoms with van der Waals surface area (Å²) in [5.74, 6) is 0.0469. The maximum Gasteiger partial charge on any atom is 0.290 e. The zero-order chi connectivity index (χ0) is 21.5. The highest BCUT2D eigenvalue weighted by molar-refractivity contribution is 6.42. The number of aromatic amines is 1. The van der Waals surface area contributed by atoms with Gasteiger partial charge >= 0.3 is 0 Å². The van der Waals surface area contributed by atoms with Gasteiger partial charge in [0, 0.05) is 22.7 Å². The summed E-state index contributed by atoms with van der Waals surface area (Å²) in [6, 6.07) is 8.69. The van der Waals surface area contributed by atoms with Crippen molar-refractivity contribution in [2.45, 2.75) is 0 Å². The molecule has 1 amide bonds. The molecule has 0 radical (unpaired) electrons. The number of rotatable bonds is 8. The number of aliphatic hydroxyl groups is 1. The largest absolute Gasteiger partial charge is 0.491 e. The second-order valence-electron chi connectivity index (χ2n) is 6.08. The van der Waals surface area contributed by atoms with Gasteiger partial charge in [0.2, 0.25) is 5.88 Å². The van der Waals surface area contributed by atoms with E-state index in [-0.39, 0.29) is 19.0 Å². The molecule has 1 aromatic carbocycles. The van der Waals surface area contributed by atoms with Crippen LogP contribution in [-0.2, 0) is 9.53 Å². The molecule has 0 fully saturated rings. The van der Waals surface area contributed by atoms with Crippen LogP contribution in [0.25, 0.3) is 17.0 Å². The summed E-state index contributed by atoms with van der Waals surface area (Å²) in [4.78, 5) is 19.6. The summed E-state index contributed by atoms with van der Waals surface area (Å²) in [6.45, 7) is 0.0493. The van der Waals surface area contributed by atoms with Crippen molar-refractivity contribution >= 4 is 51.8 Å². The predicted molar refractivity (Wildman–Crippen MR) is 118 cm³/mol. The van der Waals surface area contributed by atoms with Gasteiger partial charge in [-0.1, -0.05) is 29.3 Å². The number of amides is 1. The van der Waals surface area contributed by atoms with Crippen molar-refractivity contribution in [1.29, 1.82) is 0 Å². The maximum atomic E-state index is 12.4. The number of nitrogens with one attached hydrogen (secondary N) is 2. The molecule has 0 atom stereocenters. The molecule has 0 spiro atoms. The standard InChI is InChI=1S/C21H19Cl2N3O4/c1-29-19(21(28)26-15-5-6-20(24-12-15)30-8-7-27)4-2-3-14-9-13-10-16(22)17(23)11-18(13)25-14/h2-6,9-12,25,27H,7-8H2,1H3,(H,26,28)/b3-2+,19-4-. The fourth-order valence-corrected chi connectivity index (χ4v) is 2.93. The minimum atomic E-state index is -0.428. The number of pyridine rings is 1. The van der Waals surface area contributed by atoms with Gasteiger partial charge in [-0.25, -0.2) is 4.98 Å². The van der Waals surface area contributed by atoms with Crippen LogP contribution in [0.3, 0.4) is 0 Å². The number of methoxy groups -OCH3 is 1. The lowest BCUT2D eigenvalue weighted by molar-refractivity contribution is -0.115. The maximum absolute atomic E-state index is 12.4. The third-order valence-corrected chi connectivity index (χ3v) is 4.71. The summed E-state index contributed by atoms with van der Waals surface area (Å²) >= 11 is 12.1. The van der Waals surface area contributed by atoms with E-state index in [4.69, 9.17) is 37.8 Å². The van der Waals surface area contributed by atoms with Crippen LogP contribution >= 0.6 is 23.2 Å². The van der Waals surface area contributed by atoms with Crippen LogP contribution in [0.4, 0.5) is 5.69 Å². The first kappa shape index (κ1) is 21.7. The van der Waals surface area contributed by atoms with Gasteiger partial charge in [0.15, 0.2) is 5.76 Å². The van der Waals surface area contributed by atoms with Gasteiger partial charge in [0.05, 0.1) is 35.6 Å². The van der Waals surface area contributed by atoms with Crippen LogP contribution in [0.1, 0.15) is 5.69 Å². The van der Waals surface area contributed by atoms with E-state index in [9.17, 15) is 4.79 Å². The number of hydrogen-bond acceptors (Lipinski definition) is 5. The Balaban J connectivity index is 1.66. The van der Waals surface area contributed by atoms with Gasteiger partial charge < -0.3 is 24.9 Å². The molecular formula is C21H19Cl2N3O4. The van der Waals surface area contributed by atoms with E-state index in [0.29, 0.717) is 21.6 Å². The number of benzene rings is 1. The number of carbonyl (C=O) groups excluding carboxylic acids is 1. The summed E-state index contributed by atoms with van der Waals surface area (Å²) in [5.41, 5.74) is 2.16. The molecule has 2 aromatic heterocycles. The first-order valence-electron chi connectivity index (χ1n) is 8.91. The molecule has 2 heterocycles. The van der Waals surface area contributed by atoms with Crippen molar-refractivity contribution in [3.63, 3.8) is 0 Å². The average Bonchev–Trinajstić information content (AvgIpc) is 3.12. The van der Waals surface area contributed by atoms with Gasteiger partial charge in [-0.2, -0.15) is 0 Å². The highest BCUT2D eigenvalue weighted by Gasteiger charge is 2.10. The normalized spacial score (nSPS) is 11.8. The van der Waals surface area contributed by atoms with Gasteiger partial charge in [0.1, 0.15) is 6.61 Å². The Bertz CT molecular complexity index is 1050. The second-order valence-corrected chi connectivity index (χ2v) is 6.90. The van der Waals surface area contributed by atoms with E-state index in [2.05, 4.69) is 15.3 Å². The lowest BCUT2D eigenvalue weighted by Crippen LogP contribution is -2.15. The lowest BCUT2D eigenvalue weighted by atomic mass is 10.2. The monoisotopic (exact) mass is 447 g/mol. The number of H-pyrrole nitrogens is 1. The molecule has 3 aromatic rings. The number of carbonyl (C=O) groups is 1. The van der Waals surface area contributed by atoms with Crippen LogP contribution in [0.15, 0.2) is 54.4 Å². The summed E-state index contributed by atoms with van der Waals surface area (Å²) < 4.78 is 10.3. The number of ether oxygens (including phenoxy) is 2. The zero-order valence-corrected chi connectivity index (χ0v) is 17.5. The van der Waals surface area contributed by atoms with Crippen molar-refractivity contribution in [2.24, 2.45) is 0 Å². The highest BCUT2D eigenvalue weighted by atomic mass is 35.5. The molecule has 0 aliphatic rings. The Morgan fingerprint density at radius 2 is 2.07 bits per heavy atom. The van der Waals surface area contributed by atoms with E-state index >= 15 is 0 Å². The zero-order valence-electron chi connectivity index (χ0n) is 16.0. The smallest absolute Gasteiger partial charge is 0.290 e. The number of aliphatic hydroxyl groups excluding tert-OH is 1. The predicted octanol–water partition coefficient (Wildman–Crippen LogP) is 4.42. The molecule has 9 heteroatoms. The molecule has 3 rings (SSSR count). The number of fused-ring (bicyclic) bond motifs is 1. The molecule has 7 nitrogen and oxygen atoms in total. The molecule has 0 unspecified atom stereocenters. The minimum absolute atomic E-state index is 0.102. The molecule has 0 aliphatic heterocycles. The van der Waals surface area contributed by atoms with Gasteiger partial charge in [-0.15, -0.1) is 0 Å². The van der Waals surface area contributed by atoms with Crippen LogP contribution in [0.2, 0.25) is 10.0 Å². The molecule has 0 saturated carbocycles. The number of allylic oxidation sites excluding steroid dienone is 2. The van der Waals surface area contributed by atoms with Crippen LogP contribution in [0, 0.1) is 0 Å². The third kappa shape index (κ3) is 5.54. The van der Waals surface area contributed by atoms with Crippen LogP contribution in [-0.4, -0.2) is 41.3 Å². The first-order chi connectivity index (χ1) is 14.5. The Morgan fingerprint density at radius 1 is 1.27 bits per heavy atom. The van der Waals surface area contributed by atoms with E-state index in [1.54, 1.807) is 42.5 Å². The molecular weight excluding hydrogens is 429 g/mol. The topological polar surface area (TPSA) is 96.5 Å². The van der Waals surface area contributed by atoms with Crippen molar-refractivity contribution in [3.8, 4) is 5.88 Å². The molecule has 3 N–H and O–H groups in total. The Kier molecular flexibility index (Phi) is 7.35. The third-order valence-electron chi connectivity index (χ3n) is 3.98. The number of aromatic nitrogens is 2. The Labute approximate surface area is 182 Å². The van der Waals surface area contributed by atoms with E-state index < -0.39 is 5.91 Å². The van der Waals surface area contributed by atoms with Crippen molar-refractivity contribution in [3.05, 3.63) is 70.2 Å². The Morgan fingerprint density at radius 3 is 2.77 bits per heavy atom. The SMILES string of the molecule is CO/C(=C\C=C\c1cc2cc(Cl)c(Cl)cc2[nH]1)C(=O)Nc1ccc(OCCO)nc1. The first-order valence-corrected chi connectivity index (χ1v) is 9.67. The van der Waals surface area contributed by atoms with E-state index in [1.165, 1.54) is 13.3 Å². The van der Waals surface area contributed by atoms with Crippen molar-refractivity contribution in [2.75, 3.05) is 25.6 Å². The van der Waals surface area contributed by atoms with E-state index in [0.717, 1.165) is 16.6 Å². The molecule has 0 bridgehead atoms. The molecule has 156 valence electrons. The minimum Gasteiger partial charge on any atom is -0.491 e. The Hall–Kier alpha value is -3.00. The highest BCUT2D eigenvalue weighted by Crippen LogP contribution is 2.28. The van der Waals surface area contributed by atoms with Crippen LogP contribution in [0.5, 0.6) is 5.88 Å². The summed E-state index contributed by atoms with van der Waals surface area (Å²) in [7, 11) is 1.41. The number of hydrogen-bond donors (Lipinski definition) is 3. The van der Waals surface area contributed by atoms with Crippen molar-refractivity contribution in [1.82, 2.24) is 9.97 Å². The summed E-state index contributed by atoms with van der Waals surface area (Å²) in [6.07, 6.45) is 6.49. The van der Waals surface area contributed by atoms with Gasteiger partial charge in [0.25, 0.3) is 5.91 Å². The van der Waals surface area contributed by atoms with Gasteiger partial charge in [-0.3, -0.25) is 4.79 Å². The lowest BCUT2D eigenvalue weighted by Gasteiger charge is -2.08. The van der Waals surface area contributed by atoms with Crippen molar-refractivity contribution < 1.29 is 19.4 Å². The fourth-order valence-electron chi connectivity index (χ4n) is 2.60. The second kappa shape index (κ2) is 10.2. The number of nitrogens with zero attached hydrogens (tertiary/aromatic N) is 1. The number of halogens is 2. The van der Waals surface area contributed by atoms with E-state index in [1.807, 2.05) is 6.07 Å². The quantitative estimate of drug-likeness (QED) is 0.269. The van der Waals surface area contributed by atoms with Crippen LogP contribution < -0.4 is 10.1 Å². The van der Waals surface area contributed by atoms with Gasteiger partial charge in [-0.05, 0) is 36.4 Å². The fraction of sp³-hybridized carbons (Fsp3) is 0.143.